The molecule has 3 rings (SSSR count). The number of furan rings is 1. The third kappa shape index (κ3) is 5.64. The van der Waals surface area contributed by atoms with E-state index in [-0.39, 0.29) is 19.0 Å². The fourth-order valence-corrected chi connectivity index (χ4v) is 3.87. The lowest BCUT2D eigenvalue weighted by molar-refractivity contribution is 0.0949. The number of nitrogens with zero attached hydrogens (tertiary/aromatic N) is 1. The molecule has 2 aromatic carbocycles. The SMILES string of the molecule is C=CCN(c1ccc(C(=O)Nc2ccccc2C(=O)NCc2ccco2)cc1)S(C)(=O)=O. The van der Waals surface area contributed by atoms with Crippen LogP contribution in [0.2, 0.25) is 0 Å². The minimum Gasteiger partial charge on any atom is -0.467 e. The molecule has 0 aliphatic carbocycles. The fourth-order valence-electron chi connectivity index (χ4n) is 2.99. The molecule has 2 amide bonds. The Hall–Kier alpha value is -3.85. The van der Waals surface area contributed by atoms with Gasteiger partial charge in [0.2, 0.25) is 10.0 Å². The third-order valence-electron chi connectivity index (χ3n) is 4.54. The van der Waals surface area contributed by atoms with Crippen molar-refractivity contribution in [2.45, 2.75) is 6.54 Å². The number of carbonyl (C=O) groups excluding carboxylic acids is 2. The van der Waals surface area contributed by atoms with Gasteiger partial charge in [0.25, 0.3) is 11.8 Å². The second-order valence-corrected chi connectivity index (χ2v) is 8.80. The topological polar surface area (TPSA) is 109 Å². The van der Waals surface area contributed by atoms with E-state index >= 15 is 0 Å². The van der Waals surface area contributed by atoms with Crippen LogP contribution in [0.5, 0.6) is 0 Å². The lowest BCUT2D eigenvalue weighted by atomic mass is 10.1. The van der Waals surface area contributed by atoms with Gasteiger partial charge in [0.05, 0.1) is 42.5 Å². The van der Waals surface area contributed by atoms with Gasteiger partial charge in [-0.15, -0.1) is 6.58 Å². The zero-order valence-electron chi connectivity index (χ0n) is 17.4. The smallest absolute Gasteiger partial charge is 0.255 e. The van der Waals surface area contributed by atoms with Crippen LogP contribution in [-0.4, -0.2) is 33.0 Å². The van der Waals surface area contributed by atoms with E-state index in [9.17, 15) is 18.0 Å². The van der Waals surface area contributed by atoms with Crippen molar-refractivity contribution >= 4 is 33.2 Å². The monoisotopic (exact) mass is 453 g/mol. The van der Waals surface area contributed by atoms with Gasteiger partial charge < -0.3 is 15.1 Å². The Labute approximate surface area is 186 Å². The number of anilines is 2. The second kappa shape index (κ2) is 9.97. The molecule has 0 unspecified atom stereocenters. The molecule has 32 heavy (non-hydrogen) atoms. The number of para-hydroxylation sites is 1. The summed E-state index contributed by atoms with van der Waals surface area (Å²) < 4.78 is 30.3. The Morgan fingerprint density at radius 1 is 1.03 bits per heavy atom. The van der Waals surface area contributed by atoms with Gasteiger partial charge in [0.1, 0.15) is 5.76 Å². The summed E-state index contributed by atoms with van der Waals surface area (Å²) in [6.07, 6.45) is 4.11. The van der Waals surface area contributed by atoms with Crippen molar-refractivity contribution < 1.29 is 22.4 Å². The highest BCUT2D eigenvalue weighted by molar-refractivity contribution is 7.92. The summed E-state index contributed by atoms with van der Waals surface area (Å²) in [5.41, 5.74) is 1.38. The van der Waals surface area contributed by atoms with Gasteiger partial charge in [0.15, 0.2) is 0 Å². The van der Waals surface area contributed by atoms with E-state index in [4.69, 9.17) is 4.42 Å². The maximum absolute atomic E-state index is 12.7. The van der Waals surface area contributed by atoms with E-state index in [1.54, 1.807) is 48.5 Å². The Morgan fingerprint density at radius 3 is 2.38 bits per heavy atom. The summed E-state index contributed by atoms with van der Waals surface area (Å²) in [4.78, 5) is 25.3. The molecule has 0 aliphatic heterocycles. The maximum Gasteiger partial charge on any atom is 0.255 e. The third-order valence-corrected chi connectivity index (χ3v) is 5.70. The summed E-state index contributed by atoms with van der Waals surface area (Å²) in [7, 11) is -3.49. The molecule has 8 nitrogen and oxygen atoms in total. The van der Waals surface area contributed by atoms with E-state index < -0.39 is 15.9 Å². The van der Waals surface area contributed by atoms with Gasteiger partial charge in [-0.2, -0.15) is 0 Å². The Bertz CT molecular complexity index is 1200. The Morgan fingerprint density at radius 2 is 1.75 bits per heavy atom. The fraction of sp³-hybridized carbons (Fsp3) is 0.130. The van der Waals surface area contributed by atoms with Crippen molar-refractivity contribution in [1.82, 2.24) is 5.32 Å². The standard InChI is InChI=1S/C23H23N3O5S/c1-3-14-26(32(2,29)30)18-12-10-17(11-13-18)22(27)25-21-9-5-4-8-20(21)23(28)24-16-19-7-6-15-31-19/h3-13,15H,1,14,16H2,2H3,(H,24,28)(H,25,27). The number of carbonyl (C=O) groups is 2. The van der Waals surface area contributed by atoms with Crippen molar-refractivity contribution in [2.75, 3.05) is 22.4 Å². The minimum atomic E-state index is -3.49. The highest BCUT2D eigenvalue weighted by Gasteiger charge is 2.17. The molecule has 0 aliphatic rings. The van der Waals surface area contributed by atoms with Crippen LogP contribution in [0.4, 0.5) is 11.4 Å². The van der Waals surface area contributed by atoms with Crippen LogP contribution >= 0.6 is 0 Å². The molecular formula is C23H23N3O5S. The van der Waals surface area contributed by atoms with Crippen molar-refractivity contribution in [3.63, 3.8) is 0 Å². The number of hydrogen-bond donors (Lipinski definition) is 2. The molecular weight excluding hydrogens is 430 g/mol. The van der Waals surface area contributed by atoms with E-state index in [0.717, 1.165) is 6.26 Å². The average molecular weight is 454 g/mol. The normalized spacial score (nSPS) is 10.9. The quantitative estimate of drug-likeness (QED) is 0.483. The molecule has 0 saturated heterocycles. The van der Waals surface area contributed by atoms with E-state index in [1.165, 1.54) is 28.8 Å². The maximum atomic E-state index is 12.7. The minimum absolute atomic E-state index is 0.116. The average Bonchev–Trinajstić information content (AvgIpc) is 3.29. The number of amides is 2. The van der Waals surface area contributed by atoms with Crippen molar-refractivity contribution in [3.05, 3.63) is 96.5 Å². The second-order valence-electron chi connectivity index (χ2n) is 6.89. The number of nitrogens with one attached hydrogen (secondary N) is 2. The first kappa shape index (κ1) is 22.8. The van der Waals surface area contributed by atoms with Gasteiger partial charge in [-0.3, -0.25) is 13.9 Å². The van der Waals surface area contributed by atoms with Gasteiger partial charge >= 0.3 is 0 Å². The first-order valence-corrected chi connectivity index (χ1v) is 11.5. The molecule has 3 aromatic rings. The zero-order valence-corrected chi connectivity index (χ0v) is 18.3. The summed E-state index contributed by atoms with van der Waals surface area (Å²) in [6, 6.07) is 16.2. The largest absolute Gasteiger partial charge is 0.467 e. The van der Waals surface area contributed by atoms with Crippen LogP contribution in [0.1, 0.15) is 26.5 Å². The van der Waals surface area contributed by atoms with Crippen molar-refractivity contribution in [2.24, 2.45) is 0 Å². The number of sulfonamides is 1. The molecule has 2 N–H and O–H groups in total. The molecule has 0 bridgehead atoms. The van der Waals surface area contributed by atoms with Gasteiger partial charge in [-0.25, -0.2) is 8.42 Å². The highest BCUT2D eigenvalue weighted by Crippen LogP contribution is 2.20. The molecule has 166 valence electrons. The van der Waals surface area contributed by atoms with Crippen molar-refractivity contribution in [1.29, 1.82) is 0 Å². The van der Waals surface area contributed by atoms with E-state index in [2.05, 4.69) is 17.2 Å². The molecule has 1 aromatic heterocycles. The van der Waals surface area contributed by atoms with Gasteiger partial charge in [-0.1, -0.05) is 18.2 Å². The molecule has 9 heteroatoms. The van der Waals surface area contributed by atoms with Crippen LogP contribution in [0.3, 0.4) is 0 Å². The molecule has 0 spiro atoms. The molecule has 0 atom stereocenters. The summed E-state index contributed by atoms with van der Waals surface area (Å²) in [5, 5.41) is 5.48. The van der Waals surface area contributed by atoms with Gasteiger partial charge in [0, 0.05) is 5.56 Å². The number of hydrogen-bond acceptors (Lipinski definition) is 5. The predicted molar refractivity (Wildman–Crippen MR) is 123 cm³/mol. The Kier molecular flexibility index (Phi) is 7.11. The summed E-state index contributed by atoms with van der Waals surface area (Å²) in [5.74, 6) is -0.183. The molecule has 0 radical (unpaired) electrons. The number of benzene rings is 2. The van der Waals surface area contributed by atoms with E-state index in [0.29, 0.717) is 28.3 Å². The van der Waals surface area contributed by atoms with Crippen LogP contribution in [0.25, 0.3) is 0 Å². The van der Waals surface area contributed by atoms with Crippen molar-refractivity contribution in [3.8, 4) is 0 Å². The molecule has 0 fully saturated rings. The van der Waals surface area contributed by atoms with Crippen LogP contribution in [-0.2, 0) is 16.6 Å². The summed E-state index contributed by atoms with van der Waals surface area (Å²) >= 11 is 0. The lowest BCUT2D eigenvalue weighted by Gasteiger charge is -2.20. The summed E-state index contributed by atoms with van der Waals surface area (Å²) in [6.45, 7) is 3.91. The van der Waals surface area contributed by atoms with E-state index in [1.807, 2.05) is 0 Å². The number of rotatable bonds is 9. The zero-order chi connectivity index (χ0) is 23.1. The Balaban J connectivity index is 1.73. The first-order chi connectivity index (χ1) is 15.3. The molecule has 1 heterocycles. The van der Waals surface area contributed by atoms with Crippen LogP contribution in [0.15, 0.2) is 84.0 Å². The van der Waals surface area contributed by atoms with Crippen LogP contribution in [0, 0.1) is 0 Å². The van der Waals surface area contributed by atoms with Gasteiger partial charge in [-0.05, 0) is 48.5 Å². The highest BCUT2D eigenvalue weighted by atomic mass is 32.2. The lowest BCUT2D eigenvalue weighted by Crippen LogP contribution is -2.29. The predicted octanol–water partition coefficient (Wildman–Crippen LogP) is 3.41. The first-order valence-electron chi connectivity index (χ1n) is 9.69. The molecule has 0 saturated carbocycles. The van der Waals surface area contributed by atoms with Crippen LogP contribution < -0.4 is 14.9 Å².